The summed E-state index contributed by atoms with van der Waals surface area (Å²) in [6, 6.07) is 11.4. The first-order valence-electron chi connectivity index (χ1n) is 12.4. The Bertz CT molecular complexity index is 1060. The van der Waals surface area contributed by atoms with E-state index in [1.165, 1.54) is 21.9 Å². The molecule has 0 aliphatic heterocycles. The highest BCUT2D eigenvalue weighted by Crippen LogP contribution is 2.63. The molecule has 0 N–H and O–H groups in total. The second-order valence-electron chi connectivity index (χ2n) is 12.1. The van der Waals surface area contributed by atoms with Gasteiger partial charge in [-0.1, -0.05) is 30.3 Å². The molecule has 0 aromatic heterocycles. The van der Waals surface area contributed by atoms with Crippen molar-refractivity contribution >= 4 is 33.6 Å². The third kappa shape index (κ3) is 4.66. The lowest BCUT2D eigenvalue weighted by Gasteiger charge is -2.51. The van der Waals surface area contributed by atoms with Gasteiger partial charge < -0.3 is 13.7 Å². The second kappa shape index (κ2) is 8.54. The van der Waals surface area contributed by atoms with Crippen molar-refractivity contribution < 1.29 is 13.7 Å². The van der Waals surface area contributed by atoms with Crippen LogP contribution in [0, 0.1) is 5.41 Å². The molecule has 3 atom stereocenters. The Kier molecular flexibility index (Phi) is 6.34. The Labute approximate surface area is 202 Å². The van der Waals surface area contributed by atoms with Crippen LogP contribution in [0.15, 0.2) is 35.5 Å². The topological polar surface area (TPSA) is 40.0 Å². The van der Waals surface area contributed by atoms with E-state index in [4.69, 9.17) is 13.7 Å². The van der Waals surface area contributed by atoms with Gasteiger partial charge in [-0.05, 0) is 105 Å². The summed E-state index contributed by atoms with van der Waals surface area (Å²) in [5.41, 5.74) is 2.98. The van der Waals surface area contributed by atoms with E-state index in [2.05, 4.69) is 81.7 Å². The van der Waals surface area contributed by atoms with Crippen molar-refractivity contribution in [1.29, 1.82) is 0 Å². The van der Waals surface area contributed by atoms with Crippen molar-refractivity contribution in [1.82, 2.24) is 0 Å². The summed E-state index contributed by atoms with van der Waals surface area (Å²) in [6.45, 7) is 16.1. The van der Waals surface area contributed by atoms with Gasteiger partial charge in [-0.2, -0.15) is 0 Å². The highest BCUT2D eigenvalue weighted by Gasteiger charge is 2.60. The minimum Gasteiger partial charge on any atom is -0.544 e. The number of oxime groups is 1. The van der Waals surface area contributed by atoms with Crippen LogP contribution in [0.3, 0.4) is 0 Å². The first-order chi connectivity index (χ1) is 15.4. The van der Waals surface area contributed by atoms with Crippen LogP contribution < -0.4 is 4.43 Å². The Hall–Kier alpha value is -1.64. The van der Waals surface area contributed by atoms with Crippen molar-refractivity contribution in [3.63, 3.8) is 0 Å². The summed E-state index contributed by atoms with van der Waals surface area (Å²) in [5, 5.41) is 6.78. The fraction of sp³-hybridized carbons (Fsp3) is 0.593. The lowest BCUT2D eigenvalue weighted by atomic mass is 9.60. The number of hydrogen-bond acceptors (Lipinski definition) is 4. The zero-order valence-corrected chi connectivity index (χ0v) is 23.7. The summed E-state index contributed by atoms with van der Waals surface area (Å²) >= 11 is 0. The van der Waals surface area contributed by atoms with Gasteiger partial charge in [0, 0.05) is 18.1 Å². The van der Waals surface area contributed by atoms with Crippen LogP contribution in [0.1, 0.15) is 49.7 Å². The average Bonchev–Trinajstić information content (AvgIpc) is 2.97. The van der Waals surface area contributed by atoms with E-state index in [-0.39, 0.29) is 11.0 Å². The van der Waals surface area contributed by atoms with Crippen molar-refractivity contribution in [2.24, 2.45) is 10.6 Å². The number of rotatable bonds is 7. The van der Waals surface area contributed by atoms with Crippen LogP contribution in [0.25, 0.3) is 10.8 Å². The normalized spacial score (nSPS) is 27.6. The van der Waals surface area contributed by atoms with Crippen molar-refractivity contribution in [2.75, 3.05) is 7.11 Å². The molecule has 2 aliphatic rings. The van der Waals surface area contributed by atoms with E-state index in [0.717, 1.165) is 37.9 Å². The SMILES string of the molecule is CON=CC[C@]1(O[Si](C)(C)C)CC[C@H]2c3ccc4cc(O[Si](C)(C)C)ccc4c3CC[C@@]21C. The highest BCUT2D eigenvalue weighted by molar-refractivity contribution is 6.70. The summed E-state index contributed by atoms with van der Waals surface area (Å²) in [7, 11) is -1.76. The maximum Gasteiger partial charge on any atom is 0.242 e. The molecule has 33 heavy (non-hydrogen) atoms. The van der Waals surface area contributed by atoms with Gasteiger partial charge in [0.1, 0.15) is 12.9 Å². The molecule has 4 rings (SSSR count). The predicted molar refractivity (Wildman–Crippen MR) is 144 cm³/mol. The molecule has 0 spiro atoms. The number of hydrogen-bond donors (Lipinski definition) is 0. The summed E-state index contributed by atoms with van der Waals surface area (Å²) in [4.78, 5) is 5.01. The van der Waals surface area contributed by atoms with E-state index in [0.29, 0.717) is 5.92 Å². The van der Waals surface area contributed by atoms with Gasteiger partial charge in [0.25, 0.3) is 0 Å². The molecule has 0 radical (unpaired) electrons. The highest BCUT2D eigenvalue weighted by atomic mass is 28.4. The molecular weight excluding hydrogens is 442 g/mol. The molecule has 0 unspecified atom stereocenters. The largest absolute Gasteiger partial charge is 0.544 e. The molecule has 1 saturated carbocycles. The van der Waals surface area contributed by atoms with Crippen LogP contribution in [0.4, 0.5) is 0 Å². The minimum atomic E-state index is -1.75. The van der Waals surface area contributed by atoms with E-state index in [1.54, 1.807) is 7.11 Å². The van der Waals surface area contributed by atoms with Crippen LogP contribution in [-0.2, 0) is 15.7 Å². The molecule has 0 amide bonds. The zero-order chi connectivity index (χ0) is 24.1. The van der Waals surface area contributed by atoms with E-state index < -0.39 is 16.6 Å². The quantitative estimate of drug-likeness (QED) is 0.232. The fourth-order valence-corrected chi connectivity index (χ4v) is 8.81. The number of aryl methyl sites for hydroxylation is 1. The van der Waals surface area contributed by atoms with E-state index in [9.17, 15) is 0 Å². The maximum atomic E-state index is 7.05. The first-order valence-corrected chi connectivity index (χ1v) is 19.2. The van der Waals surface area contributed by atoms with Crippen molar-refractivity contribution in [3.05, 3.63) is 41.5 Å². The Morgan fingerprint density at radius 1 is 1.03 bits per heavy atom. The molecule has 2 aliphatic carbocycles. The fourth-order valence-electron chi connectivity index (χ4n) is 6.39. The third-order valence-electron chi connectivity index (χ3n) is 7.58. The first kappa shape index (κ1) is 24.5. The predicted octanol–water partition coefficient (Wildman–Crippen LogP) is 7.50. The van der Waals surface area contributed by atoms with Crippen LogP contribution in [0.2, 0.25) is 39.3 Å². The van der Waals surface area contributed by atoms with Crippen molar-refractivity contribution in [2.45, 2.75) is 89.8 Å². The van der Waals surface area contributed by atoms with Gasteiger partial charge in [0.15, 0.2) is 8.32 Å². The molecule has 0 heterocycles. The lowest BCUT2D eigenvalue weighted by molar-refractivity contribution is -0.0428. The lowest BCUT2D eigenvalue weighted by Crippen LogP contribution is -2.53. The average molecular weight is 484 g/mol. The molecule has 1 fully saturated rings. The van der Waals surface area contributed by atoms with Gasteiger partial charge in [0.2, 0.25) is 8.32 Å². The van der Waals surface area contributed by atoms with Gasteiger partial charge in [-0.15, -0.1) is 0 Å². The summed E-state index contributed by atoms with van der Waals surface area (Å²) in [5.74, 6) is 1.51. The monoisotopic (exact) mass is 483 g/mol. The Balaban J connectivity index is 1.73. The number of benzene rings is 2. The molecule has 6 heteroatoms. The van der Waals surface area contributed by atoms with Gasteiger partial charge in [-0.25, -0.2) is 0 Å². The summed E-state index contributed by atoms with van der Waals surface area (Å²) in [6.07, 6.45) is 7.22. The molecule has 4 nitrogen and oxygen atoms in total. The smallest absolute Gasteiger partial charge is 0.242 e. The van der Waals surface area contributed by atoms with Gasteiger partial charge in [-0.3, -0.25) is 0 Å². The molecule has 2 aromatic carbocycles. The molecule has 0 bridgehead atoms. The Morgan fingerprint density at radius 2 is 1.79 bits per heavy atom. The molecule has 2 aromatic rings. The molecule has 0 saturated heterocycles. The number of nitrogens with zero attached hydrogens (tertiary/aromatic N) is 1. The van der Waals surface area contributed by atoms with E-state index >= 15 is 0 Å². The third-order valence-corrected chi connectivity index (χ3v) is 9.43. The van der Waals surface area contributed by atoms with Crippen molar-refractivity contribution in [3.8, 4) is 5.75 Å². The van der Waals surface area contributed by atoms with Crippen LogP contribution >= 0.6 is 0 Å². The standard InChI is InChI=1S/C27H41NO3Si2/c1-26-15-13-23-22-12-10-21(30-32(3,4)5)19-20(22)9-11-24(23)25(26)14-16-27(26,17-18-28-29-2)31-33(6,7)8/h9-12,18-19,25H,13-17H2,1-8H3/t25-,26-,27+/m0/s1. The zero-order valence-electron chi connectivity index (χ0n) is 21.7. The Morgan fingerprint density at radius 3 is 2.45 bits per heavy atom. The maximum absolute atomic E-state index is 7.05. The van der Waals surface area contributed by atoms with Crippen LogP contribution in [-0.4, -0.2) is 35.6 Å². The minimum absolute atomic E-state index is 0.0919. The van der Waals surface area contributed by atoms with Gasteiger partial charge in [0.05, 0.1) is 5.60 Å². The second-order valence-corrected chi connectivity index (χ2v) is 21.0. The summed E-state index contributed by atoms with van der Waals surface area (Å²) < 4.78 is 13.3. The number of fused-ring (bicyclic) bond motifs is 5. The molecular formula is C27H41NO3Si2. The van der Waals surface area contributed by atoms with Gasteiger partial charge >= 0.3 is 0 Å². The molecule has 180 valence electrons. The van der Waals surface area contributed by atoms with E-state index in [1.807, 2.05) is 6.21 Å². The van der Waals surface area contributed by atoms with Crippen LogP contribution in [0.5, 0.6) is 5.75 Å².